The Morgan fingerprint density at radius 3 is 2.02 bits per heavy atom. The van der Waals surface area contributed by atoms with Gasteiger partial charge in [-0.2, -0.15) is 0 Å². The van der Waals surface area contributed by atoms with Gasteiger partial charge in [0.05, 0.1) is 42.6 Å². The van der Waals surface area contributed by atoms with Crippen LogP contribution in [0.15, 0.2) is 54.6 Å². The molecule has 6 N–H and O–H groups in total. The molecule has 56 heavy (non-hydrogen) atoms. The maximum atomic E-state index is 14.0. The van der Waals surface area contributed by atoms with Gasteiger partial charge < -0.3 is 48.8 Å². The summed E-state index contributed by atoms with van der Waals surface area (Å²) in [4.78, 5) is 13.6. The van der Waals surface area contributed by atoms with Crippen molar-refractivity contribution in [2.24, 2.45) is 0 Å². The van der Waals surface area contributed by atoms with Crippen molar-refractivity contribution in [3.8, 4) is 23.0 Å². The smallest absolute Gasteiger partial charge is 0.340 e. The number of hydrogen-bond donors (Lipinski definition) is 6. The first-order chi connectivity index (χ1) is 26.7. The van der Waals surface area contributed by atoms with E-state index in [4.69, 9.17) is 40.2 Å². The summed E-state index contributed by atoms with van der Waals surface area (Å²) in [5, 5.41) is 33.0. The number of anilines is 1. The second kappa shape index (κ2) is 16.9. The second-order valence-electron chi connectivity index (χ2n) is 13.3. The number of rotatable bonds is 13. The van der Waals surface area contributed by atoms with Crippen LogP contribution in [0.3, 0.4) is 0 Å². The van der Waals surface area contributed by atoms with E-state index in [-0.39, 0.29) is 65.1 Å². The van der Waals surface area contributed by atoms with Crippen LogP contribution in [-0.4, -0.2) is 90.0 Å². The molecule has 0 aliphatic carbocycles. The van der Waals surface area contributed by atoms with Gasteiger partial charge in [0.2, 0.25) is 0 Å². The summed E-state index contributed by atoms with van der Waals surface area (Å²) >= 11 is 7.87. The molecule has 4 heterocycles. The van der Waals surface area contributed by atoms with Gasteiger partial charge in [-0.15, -0.1) is 18.5 Å². The molecule has 10 unspecified atom stereocenters. The normalized spacial score (nSPS) is 26.6. The van der Waals surface area contributed by atoms with Crippen LogP contribution in [0.25, 0.3) is 0 Å². The quantitative estimate of drug-likeness (QED) is 0.0621. The Kier molecular flexibility index (Phi) is 12.7. The lowest BCUT2D eigenvalue weighted by Crippen LogP contribution is -2.44. The predicted molar refractivity (Wildman–Crippen MR) is 227 cm³/mol. The van der Waals surface area contributed by atoms with Crippen molar-refractivity contribution in [1.82, 2.24) is 15.5 Å². The fraction of sp³-hybridized carbons (Fsp3) is 0.412. The Labute approximate surface area is 342 Å². The van der Waals surface area contributed by atoms with Crippen LogP contribution in [0.2, 0.25) is 0 Å². The zero-order valence-electron chi connectivity index (χ0n) is 30.3. The molecule has 4 aliphatic rings. The van der Waals surface area contributed by atoms with E-state index in [1.165, 1.54) is 24.3 Å². The highest BCUT2D eigenvalue weighted by Gasteiger charge is 2.54. The Morgan fingerprint density at radius 1 is 0.875 bits per heavy atom. The fourth-order valence-electron chi connectivity index (χ4n) is 7.17. The molecule has 0 aromatic heterocycles. The Bertz CT molecular complexity index is 2060. The van der Waals surface area contributed by atoms with Crippen molar-refractivity contribution in [2.45, 2.75) is 54.4 Å². The highest BCUT2D eigenvalue weighted by molar-refractivity contribution is 8.56. The minimum Gasteiger partial charge on any atom is -0.508 e. The number of hydrogen-bond acceptors (Lipinski definition) is 14. The molecule has 2 fully saturated rings. The molecule has 15 nitrogen and oxygen atoms in total. The molecule has 3 aromatic carbocycles. The monoisotopic (exact) mass is 902 g/mol. The summed E-state index contributed by atoms with van der Waals surface area (Å²) in [5.41, 5.74) is 1.04. The van der Waals surface area contributed by atoms with Gasteiger partial charge in [0.15, 0.2) is 10.7 Å². The number of carbonyl (C=O) groups excluding carboxylic acids is 1. The zero-order chi connectivity index (χ0) is 40.0. The number of benzene rings is 3. The number of aromatic hydroxyl groups is 2. The molecule has 7 rings (SSSR count). The second-order valence-corrected chi connectivity index (χ2v) is 24.2. The minimum absolute atomic E-state index is 0.00818. The van der Waals surface area contributed by atoms with Gasteiger partial charge in [-0.3, -0.25) is 9.13 Å². The predicted octanol–water partition coefficient (Wildman–Crippen LogP) is 6.45. The summed E-state index contributed by atoms with van der Waals surface area (Å²) in [6, 6.07) is 13.7. The third-order valence-electron chi connectivity index (χ3n) is 9.81. The van der Waals surface area contributed by atoms with E-state index < -0.39 is 37.2 Å². The van der Waals surface area contributed by atoms with Crippen molar-refractivity contribution in [3.63, 3.8) is 0 Å². The lowest BCUT2D eigenvalue weighted by atomic mass is 9.77. The van der Waals surface area contributed by atoms with E-state index in [0.29, 0.717) is 40.8 Å². The molecular weight excluding hydrogens is 860 g/mol. The number of fused-ring (bicyclic) bond motifs is 6. The highest BCUT2D eigenvalue weighted by atomic mass is 32.7. The SMILES string of the molecule is CNP(=O)(OCC1OC(P)CC1NP(=O)(OCC1OC(P)CC1NC(=S)Nc1ccc2c(c1)C(=O)OC21c2ccc(O)cc2Oc2cc(O)ccc21)SC)SC. The summed E-state index contributed by atoms with van der Waals surface area (Å²) < 4.78 is 62.7. The lowest BCUT2D eigenvalue weighted by Gasteiger charge is -2.36. The third kappa shape index (κ3) is 8.52. The van der Waals surface area contributed by atoms with Crippen molar-refractivity contribution in [1.29, 1.82) is 0 Å². The van der Waals surface area contributed by atoms with Crippen molar-refractivity contribution in [2.75, 3.05) is 38.1 Å². The van der Waals surface area contributed by atoms with Crippen molar-refractivity contribution >= 4 is 83.7 Å². The Balaban J connectivity index is 1.02. The molecule has 1 spiro atoms. The van der Waals surface area contributed by atoms with Gasteiger partial charge in [-0.05, 0) is 81.0 Å². The number of ether oxygens (including phenoxy) is 4. The lowest BCUT2D eigenvalue weighted by molar-refractivity contribution is 0.0224. The Morgan fingerprint density at radius 2 is 1.43 bits per heavy atom. The molecule has 4 aliphatic heterocycles. The number of thiocarbonyl (C=S) groups is 1. The van der Waals surface area contributed by atoms with Crippen molar-refractivity contribution < 1.29 is 52.1 Å². The summed E-state index contributed by atoms with van der Waals surface area (Å²) in [5.74, 6) is -0.491. The topological polar surface area (TPSA) is 195 Å². The number of phenolic OH excluding ortho intramolecular Hbond substituents is 2. The Hall–Kier alpha value is -2.00. The van der Waals surface area contributed by atoms with E-state index in [2.05, 4.69) is 39.3 Å². The summed E-state index contributed by atoms with van der Waals surface area (Å²) in [6.07, 6.45) is 3.46. The first-order valence-electron chi connectivity index (χ1n) is 17.4. The molecule has 10 atom stereocenters. The average Bonchev–Trinajstić information content (AvgIpc) is 3.80. The van der Waals surface area contributed by atoms with E-state index >= 15 is 0 Å². The first-order valence-corrected chi connectivity index (χ1v) is 26.0. The maximum absolute atomic E-state index is 14.0. The van der Waals surface area contributed by atoms with Gasteiger partial charge >= 0.3 is 19.4 Å². The van der Waals surface area contributed by atoms with Gasteiger partial charge in [-0.25, -0.2) is 15.0 Å². The van der Waals surface area contributed by atoms with Crippen LogP contribution in [0.4, 0.5) is 5.69 Å². The minimum atomic E-state index is -3.46. The van der Waals surface area contributed by atoms with E-state index in [0.717, 1.165) is 22.8 Å². The average molecular weight is 903 g/mol. The molecule has 0 amide bonds. The van der Waals surface area contributed by atoms with E-state index in [9.17, 15) is 24.1 Å². The maximum Gasteiger partial charge on any atom is 0.340 e. The molecule has 2 saturated heterocycles. The number of carbonyl (C=O) groups is 1. The van der Waals surface area contributed by atoms with Crippen LogP contribution in [0, 0.1) is 0 Å². The number of nitrogens with one attached hydrogen (secondary N) is 4. The highest BCUT2D eigenvalue weighted by Crippen LogP contribution is 2.59. The summed E-state index contributed by atoms with van der Waals surface area (Å²) in [6.45, 7) is -6.52. The molecule has 0 radical (unpaired) electrons. The summed E-state index contributed by atoms with van der Waals surface area (Å²) in [7, 11) is 6.82. The zero-order valence-corrected chi connectivity index (χ0v) is 36.9. The van der Waals surface area contributed by atoms with Crippen molar-refractivity contribution in [3.05, 3.63) is 76.9 Å². The number of phenols is 2. The van der Waals surface area contributed by atoms with Crippen LogP contribution in [0.5, 0.6) is 23.0 Å². The van der Waals surface area contributed by atoms with Crippen LogP contribution in [0.1, 0.15) is 39.9 Å². The molecule has 0 bridgehead atoms. The van der Waals surface area contributed by atoms with E-state index in [1.54, 1.807) is 49.9 Å². The van der Waals surface area contributed by atoms with Gasteiger partial charge in [0, 0.05) is 40.6 Å². The molecule has 302 valence electrons. The fourth-order valence-corrected chi connectivity index (χ4v) is 12.8. The van der Waals surface area contributed by atoms with E-state index in [1.807, 2.05) is 0 Å². The van der Waals surface area contributed by atoms with Crippen LogP contribution < -0.4 is 25.5 Å². The molecule has 3 aromatic rings. The molecular formula is C34H42N4O11P4S3. The largest absolute Gasteiger partial charge is 0.508 e. The van der Waals surface area contributed by atoms with Crippen LogP contribution >= 0.6 is 66.9 Å². The van der Waals surface area contributed by atoms with Gasteiger partial charge in [0.25, 0.3) is 0 Å². The van der Waals surface area contributed by atoms with Crippen LogP contribution in [-0.2, 0) is 38.0 Å². The van der Waals surface area contributed by atoms with Gasteiger partial charge in [-0.1, -0.05) is 28.8 Å². The molecule has 0 saturated carbocycles. The number of esters is 1. The van der Waals surface area contributed by atoms with Gasteiger partial charge in [0.1, 0.15) is 29.1 Å². The standard InChI is InChI=1S/C34H42N4O11P4S3/c1-35-52(42,55-2)44-16-29-25(14-31(51)48-29)38-53(43,56-3)45-15-28-24(13-30(50)47-28)37-33(54)36-17-4-7-21-20(10-17)32(41)49-34(21)22-8-5-18(39)11-26(22)46-27-12-19(40)6-9-23(27)34/h4-12,24-25,28-31,39-40H,13-16,50-51H2,1-3H3,(H,35,42)(H,38,43)(H2,36,37,54). The first kappa shape index (κ1) is 42.1. The molecule has 22 heteroatoms. The third-order valence-corrected chi connectivity index (χ3v) is 18.4.